The summed E-state index contributed by atoms with van der Waals surface area (Å²) in [5, 5.41) is 0.820. The Labute approximate surface area is 126 Å². The number of nitrogens with two attached hydrogens (primary N) is 1. The molecule has 0 radical (unpaired) electrons. The van der Waals surface area contributed by atoms with Gasteiger partial charge in [0.2, 0.25) is 0 Å². The number of nitrogens with zero attached hydrogens (tertiary/aromatic N) is 1. The number of halogens is 1. The van der Waals surface area contributed by atoms with Crippen molar-refractivity contribution < 1.29 is 0 Å². The van der Waals surface area contributed by atoms with E-state index in [1.54, 1.807) is 0 Å². The zero-order chi connectivity index (χ0) is 13.1. The summed E-state index contributed by atoms with van der Waals surface area (Å²) in [5.41, 5.74) is 7.83. The summed E-state index contributed by atoms with van der Waals surface area (Å²) in [7, 11) is 0. The van der Waals surface area contributed by atoms with E-state index in [0.717, 1.165) is 28.4 Å². The summed E-state index contributed by atoms with van der Waals surface area (Å²) in [6.45, 7) is 2.26. The van der Waals surface area contributed by atoms with Gasteiger partial charge in [-0.05, 0) is 53.2 Å². The number of rotatable bonds is 3. The summed E-state index contributed by atoms with van der Waals surface area (Å²) in [6.07, 6.45) is 4.72. The van der Waals surface area contributed by atoms with Gasteiger partial charge < -0.3 is 10.6 Å². The highest BCUT2D eigenvalue weighted by molar-refractivity contribution is 9.10. The average Bonchev–Trinajstić information content (AvgIpc) is 2.38. The van der Waals surface area contributed by atoms with Gasteiger partial charge in [-0.2, -0.15) is 11.8 Å². The predicted molar refractivity (Wildman–Crippen MR) is 88.8 cm³/mol. The number of thiocarbonyl (C=S) groups is 1. The fraction of sp³-hybridized carbons (Fsp3) is 0.462. The molecule has 1 aliphatic rings. The highest BCUT2D eigenvalue weighted by Crippen LogP contribution is 2.28. The number of thioether (sulfide) groups is 1. The molecule has 0 amide bonds. The van der Waals surface area contributed by atoms with E-state index in [4.69, 9.17) is 18.0 Å². The molecule has 0 aromatic heterocycles. The first kappa shape index (κ1) is 14.2. The number of piperidine rings is 1. The van der Waals surface area contributed by atoms with Crippen molar-refractivity contribution >= 4 is 50.6 Å². The summed E-state index contributed by atoms with van der Waals surface area (Å²) < 4.78 is 0.986. The molecule has 1 fully saturated rings. The summed E-state index contributed by atoms with van der Waals surface area (Å²) >= 11 is 10.5. The van der Waals surface area contributed by atoms with Crippen molar-refractivity contribution in [2.45, 2.75) is 18.1 Å². The molecule has 1 aromatic carbocycles. The third-order valence-electron chi connectivity index (χ3n) is 3.36. The standard InChI is InChI=1S/C13H17BrN2S2/c1-18-10-4-6-16(7-5-10)9-2-3-11(13(15)17)12(14)8-9/h2-3,8,10H,4-7H2,1H3,(H2,15,17). The third-order valence-corrected chi connectivity index (χ3v) is 5.37. The maximum absolute atomic E-state index is 5.66. The van der Waals surface area contributed by atoms with E-state index in [9.17, 15) is 0 Å². The van der Waals surface area contributed by atoms with Crippen molar-refractivity contribution in [2.75, 3.05) is 24.2 Å². The van der Waals surface area contributed by atoms with Crippen LogP contribution in [0.4, 0.5) is 5.69 Å². The van der Waals surface area contributed by atoms with E-state index in [2.05, 4.69) is 39.2 Å². The lowest BCUT2D eigenvalue weighted by atomic mass is 10.1. The van der Waals surface area contributed by atoms with Gasteiger partial charge in [-0.1, -0.05) is 12.2 Å². The van der Waals surface area contributed by atoms with Gasteiger partial charge in [0.05, 0.1) is 0 Å². The van der Waals surface area contributed by atoms with Crippen LogP contribution in [0.2, 0.25) is 0 Å². The second kappa shape index (κ2) is 6.26. The molecule has 0 atom stereocenters. The van der Waals surface area contributed by atoms with E-state index in [1.807, 2.05) is 17.8 Å². The highest BCUT2D eigenvalue weighted by Gasteiger charge is 2.19. The SMILES string of the molecule is CSC1CCN(c2ccc(C(N)=S)c(Br)c2)CC1. The molecule has 1 heterocycles. The molecule has 5 heteroatoms. The molecule has 2 nitrogen and oxygen atoms in total. The molecule has 0 unspecified atom stereocenters. The van der Waals surface area contributed by atoms with Gasteiger partial charge >= 0.3 is 0 Å². The van der Waals surface area contributed by atoms with Gasteiger partial charge in [0, 0.05) is 34.1 Å². The van der Waals surface area contributed by atoms with Crippen molar-refractivity contribution in [3.05, 3.63) is 28.2 Å². The van der Waals surface area contributed by atoms with Crippen LogP contribution < -0.4 is 10.6 Å². The quantitative estimate of drug-likeness (QED) is 0.850. The molecule has 2 rings (SSSR count). The van der Waals surface area contributed by atoms with Gasteiger partial charge in [0.15, 0.2) is 0 Å². The minimum absolute atomic E-state index is 0.439. The molecule has 0 aliphatic carbocycles. The van der Waals surface area contributed by atoms with Crippen LogP contribution in [0.25, 0.3) is 0 Å². The van der Waals surface area contributed by atoms with E-state index in [0.29, 0.717) is 4.99 Å². The first-order chi connectivity index (χ1) is 8.61. The van der Waals surface area contributed by atoms with Crippen LogP contribution in [0.5, 0.6) is 0 Å². The van der Waals surface area contributed by atoms with Crippen molar-refractivity contribution in [1.29, 1.82) is 0 Å². The monoisotopic (exact) mass is 344 g/mol. The second-order valence-electron chi connectivity index (χ2n) is 4.45. The van der Waals surface area contributed by atoms with Crippen LogP contribution in [0.3, 0.4) is 0 Å². The molecular formula is C13H17BrN2S2. The molecular weight excluding hydrogens is 328 g/mol. The molecule has 0 bridgehead atoms. The van der Waals surface area contributed by atoms with Gasteiger partial charge in [-0.15, -0.1) is 0 Å². The smallest absolute Gasteiger partial charge is 0.105 e. The lowest BCUT2D eigenvalue weighted by Gasteiger charge is -2.33. The molecule has 1 saturated heterocycles. The predicted octanol–water partition coefficient (Wildman–Crippen LogP) is 3.42. The molecule has 1 aromatic rings. The fourth-order valence-electron chi connectivity index (χ4n) is 2.25. The number of benzene rings is 1. The minimum Gasteiger partial charge on any atom is -0.389 e. The van der Waals surface area contributed by atoms with Crippen LogP contribution in [-0.2, 0) is 0 Å². The Hall–Kier alpha value is -0.260. The molecule has 18 heavy (non-hydrogen) atoms. The Morgan fingerprint density at radius 1 is 1.44 bits per heavy atom. The fourth-order valence-corrected chi connectivity index (χ4v) is 3.82. The molecule has 1 aliphatic heterocycles. The zero-order valence-corrected chi connectivity index (χ0v) is 13.6. The second-order valence-corrected chi connectivity index (χ2v) is 6.88. The first-order valence-corrected chi connectivity index (χ1v) is 8.48. The first-order valence-electron chi connectivity index (χ1n) is 5.99. The Bertz CT molecular complexity index is 443. The van der Waals surface area contributed by atoms with Gasteiger partial charge in [0.25, 0.3) is 0 Å². The van der Waals surface area contributed by atoms with Crippen molar-refractivity contribution in [3.8, 4) is 0 Å². The third kappa shape index (κ3) is 3.19. The highest BCUT2D eigenvalue weighted by atomic mass is 79.9. The Kier molecular flexibility index (Phi) is 4.92. The Balaban J connectivity index is 2.11. The Morgan fingerprint density at radius 2 is 2.11 bits per heavy atom. The van der Waals surface area contributed by atoms with Crippen LogP contribution in [0.1, 0.15) is 18.4 Å². The van der Waals surface area contributed by atoms with Crippen LogP contribution in [0.15, 0.2) is 22.7 Å². The van der Waals surface area contributed by atoms with E-state index in [1.165, 1.54) is 18.5 Å². The van der Waals surface area contributed by atoms with Gasteiger partial charge in [0.1, 0.15) is 4.99 Å². The number of anilines is 1. The van der Waals surface area contributed by atoms with Crippen molar-refractivity contribution in [2.24, 2.45) is 5.73 Å². The summed E-state index contributed by atoms with van der Waals surface area (Å²) in [6, 6.07) is 6.23. The molecule has 0 saturated carbocycles. The van der Waals surface area contributed by atoms with E-state index < -0.39 is 0 Å². The lowest BCUT2D eigenvalue weighted by molar-refractivity contribution is 0.591. The van der Waals surface area contributed by atoms with E-state index in [-0.39, 0.29) is 0 Å². The molecule has 2 N–H and O–H groups in total. The maximum Gasteiger partial charge on any atom is 0.105 e. The van der Waals surface area contributed by atoms with Gasteiger partial charge in [-0.3, -0.25) is 0 Å². The maximum atomic E-state index is 5.66. The zero-order valence-electron chi connectivity index (χ0n) is 10.4. The minimum atomic E-state index is 0.439. The van der Waals surface area contributed by atoms with Crippen LogP contribution in [0, 0.1) is 0 Å². The van der Waals surface area contributed by atoms with Crippen LogP contribution in [-0.4, -0.2) is 29.6 Å². The normalized spacial score (nSPS) is 16.9. The number of hydrogen-bond donors (Lipinski definition) is 1. The van der Waals surface area contributed by atoms with Crippen molar-refractivity contribution in [3.63, 3.8) is 0 Å². The lowest BCUT2D eigenvalue weighted by Crippen LogP contribution is -2.34. The van der Waals surface area contributed by atoms with Crippen molar-refractivity contribution in [1.82, 2.24) is 0 Å². The molecule has 98 valence electrons. The topological polar surface area (TPSA) is 29.3 Å². The molecule has 0 spiro atoms. The number of hydrogen-bond acceptors (Lipinski definition) is 3. The van der Waals surface area contributed by atoms with Gasteiger partial charge in [-0.25, -0.2) is 0 Å². The summed E-state index contributed by atoms with van der Waals surface area (Å²) in [5.74, 6) is 0. The largest absolute Gasteiger partial charge is 0.389 e. The van der Waals surface area contributed by atoms with Crippen LogP contribution >= 0.6 is 39.9 Å². The average molecular weight is 345 g/mol. The summed E-state index contributed by atoms with van der Waals surface area (Å²) in [4.78, 5) is 2.87. The Morgan fingerprint density at radius 3 is 2.61 bits per heavy atom. The van der Waals surface area contributed by atoms with E-state index >= 15 is 0 Å².